The zero-order valence-corrected chi connectivity index (χ0v) is 18.8. The SMILES string of the molecule is Cc1ccc(-c2ccc(N3CCN(S(=O)(=O)c4cc([N+](=O)[O-])ccc4Cl)CC3)nn2)cc1. The van der Waals surface area contributed by atoms with Crippen LogP contribution in [0.15, 0.2) is 59.5 Å². The largest absolute Gasteiger partial charge is 0.352 e. The number of nitrogens with zero attached hydrogens (tertiary/aromatic N) is 5. The van der Waals surface area contributed by atoms with Gasteiger partial charge in [0.05, 0.1) is 15.6 Å². The second kappa shape index (κ2) is 8.81. The number of hydrogen-bond donors (Lipinski definition) is 0. The summed E-state index contributed by atoms with van der Waals surface area (Å²) < 4.78 is 27.3. The number of rotatable bonds is 5. The molecule has 4 rings (SSSR count). The second-order valence-electron chi connectivity index (χ2n) is 7.41. The van der Waals surface area contributed by atoms with Crippen molar-refractivity contribution in [1.82, 2.24) is 14.5 Å². The van der Waals surface area contributed by atoms with Gasteiger partial charge in [0, 0.05) is 43.9 Å². The Morgan fingerprint density at radius 3 is 2.25 bits per heavy atom. The average Bonchev–Trinajstić information content (AvgIpc) is 2.80. The monoisotopic (exact) mass is 473 g/mol. The fourth-order valence-corrected chi connectivity index (χ4v) is 5.39. The second-order valence-corrected chi connectivity index (χ2v) is 9.72. The number of anilines is 1. The average molecular weight is 474 g/mol. The highest BCUT2D eigenvalue weighted by atomic mass is 35.5. The first-order valence-electron chi connectivity index (χ1n) is 9.85. The number of nitro benzene ring substituents is 1. The van der Waals surface area contributed by atoms with Crippen LogP contribution in [0.1, 0.15) is 5.56 Å². The van der Waals surface area contributed by atoms with Crippen LogP contribution in [0, 0.1) is 17.0 Å². The molecule has 0 spiro atoms. The zero-order chi connectivity index (χ0) is 22.9. The minimum Gasteiger partial charge on any atom is -0.352 e. The highest BCUT2D eigenvalue weighted by Crippen LogP contribution is 2.29. The Hall–Kier alpha value is -3.08. The molecule has 0 bridgehead atoms. The van der Waals surface area contributed by atoms with E-state index in [1.807, 2.05) is 48.2 Å². The molecule has 166 valence electrons. The first kappa shape index (κ1) is 22.1. The molecule has 32 heavy (non-hydrogen) atoms. The van der Waals surface area contributed by atoms with E-state index in [0.29, 0.717) is 18.9 Å². The molecule has 2 aromatic carbocycles. The number of non-ortho nitro benzene ring substituents is 1. The van der Waals surface area contributed by atoms with Gasteiger partial charge >= 0.3 is 0 Å². The fraction of sp³-hybridized carbons (Fsp3) is 0.238. The van der Waals surface area contributed by atoms with Gasteiger partial charge in [-0.3, -0.25) is 10.1 Å². The maximum absolute atomic E-state index is 13.0. The smallest absolute Gasteiger partial charge is 0.270 e. The van der Waals surface area contributed by atoms with Crippen LogP contribution in [-0.2, 0) is 10.0 Å². The van der Waals surface area contributed by atoms with E-state index >= 15 is 0 Å². The van der Waals surface area contributed by atoms with E-state index in [0.717, 1.165) is 22.9 Å². The molecule has 0 atom stereocenters. The van der Waals surface area contributed by atoms with Crippen LogP contribution in [0.25, 0.3) is 11.3 Å². The van der Waals surface area contributed by atoms with Crippen molar-refractivity contribution >= 4 is 33.1 Å². The third-order valence-corrected chi connectivity index (χ3v) is 7.68. The Kier molecular flexibility index (Phi) is 6.09. The topological polar surface area (TPSA) is 110 Å². The van der Waals surface area contributed by atoms with Gasteiger partial charge in [-0.2, -0.15) is 4.31 Å². The Balaban J connectivity index is 1.46. The number of halogens is 1. The highest BCUT2D eigenvalue weighted by molar-refractivity contribution is 7.89. The van der Waals surface area contributed by atoms with Gasteiger partial charge in [-0.05, 0) is 25.1 Å². The molecule has 0 saturated carbocycles. The molecule has 2 heterocycles. The Labute approximate surface area is 190 Å². The molecule has 11 heteroatoms. The lowest BCUT2D eigenvalue weighted by Crippen LogP contribution is -2.49. The molecule has 1 fully saturated rings. The highest BCUT2D eigenvalue weighted by Gasteiger charge is 2.31. The molecule has 9 nitrogen and oxygen atoms in total. The van der Waals surface area contributed by atoms with Crippen molar-refractivity contribution in [3.8, 4) is 11.3 Å². The number of aromatic nitrogens is 2. The van der Waals surface area contributed by atoms with Crippen molar-refractivity contribution in [2.45, 2.75) is 11.8 Å². The summed E-state index contributed by atoms with van der Waals surface area (Å²) in [5.74, 6) is 0.659. The van der Waals surface area contributed by atoms with Gasteiger partial charge in [0.2, 0.25) is 10.0 Å². The maximum Gasteiger partial charge on any atom is 0.270 e. The van der Waals surface area contributed by atoms with Crippen LogP contribution in [0.5, 0.6) is 0 Å². The standard InChI is InChI=1S/C21H20ClN5O4S/c1-15-2-4-16(5-3-15)19-8-9-21(24-23-19)25-10-12-26(13-11-25)32(30,31)20-14-17(27(28)29)6-7-18(20)22/h2-9,14H,10-13H2,1H3. The minimum absolute atomic E-state index is 0.0457. The first-order chi connectivity index (χ1) is 15.3. The van der Waals surface area contributed by atoms with Gasteiger partial charge in [0.15, 0.2) is 5.82 Å². The summed E-state index contributed by atoms with van der Waals surface area (Å²) in [4.78, 5) is 12.1. The Morgan fingerprint density at radius 2 is 1.66 bits per heavy atom. The summed E-state index contributed by atoms with van der Waals surface area (Å²) in [6.07, 6.45) is 0. The summed E-state index contributed by atoms with van der Waals surface area (Å²) in [6, 6.07) is 15.2. The predicted octanol–water partition coefficient (Wildman–Crippen LogP) is 3.52. The van der Waals surface area contributed by atoms with Crippen molar-refractivity contribution in [2.75, 3.05) is 31.1 Å². The summed E-state index contributed by atoms with van der Waals surface area (Å²) >= 11 is 6.05. The van der Waals surface area contributed by atoms with Crippen LogP contribution in [-0.4, -0.2) is 54.0 Å². The summed E-state index contributed by atoms with van der Waals surface area (Å²) in [5, 5.41) is 19.6. The summed E-state index contributed by atoms with van der Waals surface area (Å²) in [6.45, 7) is 3.23. The molecular weight excluding hydrogens is 454 g/mol. The van der Waals surface area contributed by atoms with E-state index in [1.54, 1.807) is 0 Å². The number of benzene rings is 2. The summed E-state index contributed by atoms with van der Waals surface area (Å²) in [7, 11) is -3.97. The van der Waals surface area contributed by atoms with Gasteiger partial charge in [0.25, 0.3) is 5.69 Å². The van der Waals surface area contributed by atoms with Crippen molar-refractivity contribution < 1.29 is 13.3 Å². The number of aryl methyl sites for hydroxylation is 1. The molecule has 1 aliphatic heterocycles. The summed E-state index contributed by atoms with van der Waals surface area (Å²) in [5.41, 5.74) is 2.57. The molecule has 3 aromatic rings. The molecule has 0 radical (unpaired) electrons. The Morgan fingerprint density at radius 1 is 0.969 bits per heavy atom. The van der Waals surface area contributed by atoms with Crippen LogP contribution < -0.4 is 4.90 Å². The van der Waals surface area contributed by atoms with Crippen molar-refractivity contribution in [3.63, 3.8) is 0 Å². The van der Waals surface area contributed by atoms with E-state index in [2.05, 4.69) is 10.2 Å². The van der Waals surface area contributed by atoms with Gasteiger partial charge in [-0.15, -0.1) is 10.2 Å². The number of piperazine rings is 1. The van der Waals surface area contributed by atoms with Gasteiger partial charge in [-0.25, -0.2) is 8.42 Å². The van der Waals surface area contributed by atoms with Crippen LogP contribution >= 0.6 is 11.6 Å². The number of hydrogen-bond acceptors (Lipinski definition) is 7. The maximum atomic E-state index is 13.0. The molecule has 1 aromatic heterocycles. The molecule has 0 amide bonds. The first-order valence-corrected chi connectivity index (χ1v) is 11.7. The van der Waals surface area contributed by atoms with E-state index in [9.17, 15) is 18.5 Å². The van der Waals surface area contributed by atoms with Crippen LogP contribution in [0.2, 0.25) is 5.02 Å². The Bertz CT molecular complexity index is 1240. The van der Waals surface area contributed by atoms with Crippen LogP contribution in [0.3, 0.4) is 0 Å². The van der Waals surface area contributed by atoms with E-state index in [1.165, 1.54) is 16.4 Å². The van der Waals surface area contributed by atoms with Crippen molar-refractivity contribution in [2.24, 2.45) is 0 Å². The molecular formula is C21H20ClN5O4S. The zero-order valence-electron chi connectivity index (χ0n) is 17.2. The lowest BCUT2D eigenvalue weighted by atomic mass is 10.1. The predicted molar refractivity (Wildman–Crippen MR) is 121 cm³/mol. The van der Waals surface area contributed by atoms with E-state index < -0.39 is 14.9 Å². The molecule has 0 N–H and O–H groups in total. The van der Waals surface area contributed by atoms with Crippen LogP contribution in [0.4, 0.5) is 11.5 Å². The fourth-order valence-electron chi connectivity index (χ4n) is 3.47. The number of sulfonamides is 1. The number of nitro groups is 1. The molecule has 0 unspecified atom stereocenters. The third kappa shape index (κ3) is 4.43. The lowest BCUT2D eigenvalue weighted by Gasteiger charge is -2.34. The van der Waals surface area contributed by atoms with Gasteiger partial charge < -0.3 is 4.90 Å². The molecule has 1 aliphatic rings. The quantitative estimate of drug-likeness (QED) is 0.411. The molecule has 1 saturated heterocycles. The van der Waals surface area contributed by atoms with E-state index in [-0.39, 0.29) is 28.7 Å². The van der Waals surface area contributed by atoms with E-state index in [4.69, 9.17) is 11.6 Å². The normalized spacial score (nSPS) is 15.0. The minimum atomic E-state index is -3.97. The third-order valence-electron chi connectivity index (χ3n) is 5.30. The van der Waals surface area contributed by atoms with Gasteiger partial charge in [0.1, 0.15) is 4.90 Å². The van der Waals surface area contributed by atoms with Gasteiger partial charge in [-0.1, -0.05) is 41.4 Å². The van der Waals surface area contributed by atoms with Crippen molar-refractivity contribution in [1.29, 1.82) is 0 Å². The lowest BCUT2D eigenvalue weighted by molar-refractivity contribution is -0.385. The molecule has 0 aliphatic carbocycles. The van der Waals surface area contributed by atoms with Crippen molar-refractivity contribution in [3.05, 3.63) is 75.3 Å².